The lowest BCUT2D eigenvalue weighted by Crippen LogP contribution is -2.33. The van der Waals surface area contributed by atoms with Crippen molar-refractivity contribution in [1.29, 1.82) is 0 Å². The van der Waals surface area contributed by atoms with Crippen molar-refractivity contribution in [2.45, 2.75) is 19.8 Å². The lowest BCUT2D eigenvalue weighted by molar-refractivity contribution is -0.141. The number of rotatable bonds is 5. The van der Waals surface area contributed by atoms with Crippen LogP contribution in [0.5, 0.6) is 0 Å². The van der Waals surface area contributed by atoms with Gasteiger partial charge in [0.2, 0.25) is 5.91 Å². The zero-order chi connectivity index (χ0) is 12.1. The van der Waals surface area contributed by atoms with E-state index in [9.17, 15) is 9.59 Å². The number of hydrogen-bond donors (Lipinski definition) is 2. The molecule has 0 aromatic carbocycles. The first-order valence-electron chi connectivity index (χ1n) is 5.69. The maximum absolute atomic E-state index is 11.7. The quantitative estimate of drug-likeness (QED) is 0.703. The number of carbonyl (C=O) groups is 2. The minimum absolute atomic E-state index is 0.0574. The fraction of sp³-hybridized carbons (Fsp3) is 0.818. The fourth-order valence-electron chi connectivity index (χ4n) is 1.83. The van der Waals surface area contributed by atoms with Crippen LogP contribution < -0.4 is 5.32 Å². The second-order valence-corrected chi connectivity index (χ2v) is 4.57. The molecule has 0 saturated carbocycles. The number of amides is 1. The van der Waals surface area contributed by atoms with E-state index in [-0.39, 0.29) is 11.8 Å². The molecule has 1 aliphatic rings. The van der Waals surface area contributed by atoms with Crippen LogP contribution in [0.4, 0.5) is 0 Å². The van der Waals surface area contributed by atoms with Crippen molar-refractivity contribution in [2.24, 2.45) is 11.8 Å². The Labute approximate surface area is 95.8 Å². The van der Waals surface area contributed by atoms with E-state index in [1.165, 1.54) is 0 Å². The molecule has 1 heterocycles. The van der Waals surface area contributed by atoms with Crippen LogP contribution in [0.15, 0.2) is 0 Å². The van der Waals surface area contributed by atoms with Gasteiger partial charge in [-0.15, -0.1) is 0 Å². The van der Waals surface area contributed by atoms with Crippen LogP contribution in [0.2, 0.25) is 0 Å². The second kappa shape index (κ2) is 5.84. The predicted octanol–water partition coefficient (Wildman–Crippen LogP) is 0.165. The smallest absolute Gasteiger partial charge is 0.306 e. The summed E-state index contributed by atoms with van der Waals surface area (Å²) in [5.41, 5.74) is 0. The van der Waals surface area contributed by atoms with E-state index in [1.807, 2.05) is 7.05 Å². The minimum atomic E-state index is -0.810. The van der Waals surface area contributed by atoms with E-state index < -0.39 is 11.9 Å². The molecule has 2 unspecified atom stereocenters. The summed E-state index contributed by atoms with van der Waals surface area (Å²) >= 11 is 0. The standard InChI is InChI=1S/C11H20N2O3/c1-8(11(15)16)3-5-12-10(14)9-4-6-13(2)7-9/h8-9H,3-7H2,1-2H3,(H,12,14)(H,15,16). The van der Waals surface area contributed by atoms with Crippen LogP contribution in [-0.2, 0) is 9.59 Å². The van der Waals surface area contributed by atoms with Gasteiger partial charge in [-0.1, -0.05) is 6.92 Å². The Morgan fingerprint density at radius 2 is 2.25 bits per heavy atom. The third kappa shape index (κ3) is 3.81. The third-order valence-electron chi connectivity index (χ3n) is 3.06. The molecule has 1 rings (SSSR count). The van der Waals surface area contributed by atoms with E-state index in [4.69, 9.17) is 5.11 Å². The zero-order valence-corrected chi connectivity index (χ0v) is 9.90. The normalized spacial score (nSPS) is 23.0. The van der Waals surface area contributed by atoms with Crippen molar-refractivity contribution in [1.82, 2.24) is 10.2 Å². The van der Waals surface area contributed by atoms with Crippen LogP contribution in [0.1, 0.15) is 19.8 Å². The fourth-order valence-corrected chi connectivity index (χ4v) is 1.83. The molecule has 2 N–H and O–H groups in total. The highest BCUT2D eigenvalue weighted by molar-refractivity contribution is 5.79. The van der Waals surface area contributed by atoms with Gasteiger partial charge in [0.15, 0.2) is 0 Å². The van der Waals surface area contributed by atoms with Gasteiger partial charge in [-0.25, -0.2) is 0 Å². The number of nitrogens with one attached hydrogen (secondary N) is 1. The van der Waals surface area contributed by atoms with E-state index in [2.05, 4.69) is 10.2 Å². The summed E-state index contributed by atoms with van der Waals surface area (Å²) in [6.07, 6.45) is 1.39. The molecule has 0 aromatic rings. The van der Waals surface area contributed by atoms with Gasteiger partial charge in [0, 0.05) is 13.1 Å². The molecule has 1 aliphatic heterocycles. The summed E-state index contributed by atoms with van der Waals surface area (Å²) < 4.78 is 0. The van der Waals surface area contributed by atoms with Gasteiger partial charge in [0.05, 0.1) is 11.8 Å². The molecule has 92 valence electrons. The Hall–Kier alpha value is -1.10. The first-order valence-corrected chi connectivity index (χ1v) is 5.69. The van der Waals surface area contributed by atoms with Crippen molar-refractivity contribution in [3.8, 4) is 0 Å². The van der Waals surface area contributed by atoms with E-state index in [0.717, 1.165) is 19.5 Å². The molecule has 0 aromatic heterocycles. The van der Waals surface area contributed by atoms with Crippen LogP contribution in [0.25, 0.3) is 0 Å². The van der Waals surface area contributed by atoms with Crippen LogP contribution >= 0.6 is 0 Å². The highest BCUT2D eigenvalue weighted by Gasteiger charge is 2.25. The predicted molar refractivity (Wildman–Crippen MR) is 60.0 cm³/mol. The summed E-state index contributed by atoms with van der Waals surface area (Å²) in [5.74, 6) is -1.08. The topological polar surface area (TPSA) is 69.6 Å². The molecule has 0 bridgehead atoms. The molecule has 16 heavy (non-hydrogen) atoms. The number of likely N-dealkylation sites (tertiary alicyclic amines) is 1. The van der Waals surface area contributed by atoms with Crippen LogP contribution in [0.3, 0.4) is 0 Å². The van der Waals surface area contributed by atoms with Gasteiger partial charge < -0.3 is 15.3 Å². The number of aliphatic carboxylic acids is 1. The Morgan fingerprint density at radius 1 is 1.56 bits per heavy atom. The number of hydrogen-bond acceptors (Lipinski definition) is 3. The summed E-state index contributed by atoms with van der Waals surface area (Å²) in [6, 6.07) is 0. The molecule has 0 spiro atoms. The average Bonchev–Trinajstić information content (AvgIpc) is 2.64. The van der Waals surface area contributed by atoms with Crippen LogP contribution in [-0.4, -0.2) is 48.6 Å². The Balaban J connectivity index is 2.18. The van der Waals surface area contributed by atoms with Gasteiger partial charge in [-0.2, -0.15) is 0 Å². The van der Waals surface area contributed by atoms with E-state index in [1.54, 1.807) is 6.92 Å². The van der Waals surface area contributed by atoms with Gasteiger partial charge >= 0.3 is 5.97 Å². The van der Waals surface area contributed by atoms with Gasteiger partial charge in [0.1, 0.15) is 0 Å². The summed E-state index contributed by atoms with van der Waals surface area (Å²) in [5, 5.41) is 11.5. The Bertz CT molecular complexity index is 268. The van der Waals surface area contributed by atoms with E-state index >= 15 is 0 Å². The maximum atomic E-state index is 11.7. The maximum Gasteiger partial charge on any atom is 0.306 e. The SMILES string of the molecule is CC(CCNC(=O)C1CCN(C)C1)C(=O)O. The second-order valence-electron chi connectivity index (χ2n) is 4.57. The molecule has 1 saturated heterocycles. The Kier molecular flexibility index (Phi) is 4.73. The summed E-state index contributed by atoms with van der Waals surface area (Å²) in [7, 11) is 2.00. The number of carboxylic acids is 1. The lowest BCUT2D eigenvalue weighted by Gasteiger charge is -2.12. The largest absolute Gasteiger partial charge is 0.481 e. The third-order valence-corrected chi connectivity index (χ3v) is 3.06. The minimum Gasteiger partial charge on any atom is -0.481 e. The summed E-state index contributed by atoms with van der Waals surface area (Å²) in [6.45, 7) is 3.87. The van der Waals surface area contributed by atoms with Gasteiger partial charge in [0.25, 0.3) is 0 Å². The van der Waals surface area contributed by atoms with Gasteiger partial charge in [-0.05, 0) is 26.4 Å². The number of carbonyl (C=O) groups excluding carboxylic acids is 1. The number of carboxylic acid groups (broad SMARTS) is 1. The average molecular weight is 228 g/mol. The molecule has 1 fully saturated rings. The van der Waals surface area contributed by atoms with Crippen molar-refractivity contribution < 1.29 is 14.7 Å². The zero-order valence-electron chi connectivity index (χ0n) is 9.90. The van der Waals surface area contributed by atoms with Crippen molar-refractivity contribution in [3.05, 3.63) is 0 Å². The molecule has 5 heteroatoms. The molecule has 0 aliphatic carbocycles. The molecular formula is C11H20N2O3. The van der Waals surface area contributed by atoms with Gasteiger partial charge in [-0.3, -0.25) is 9.59 Å². The first-order chi connectivity index (χ1) is 7.50. The molecule has 5 nitrogen and oxygen atoms in total. The van der Waals surface area contributed by atoms with E-state index in [0.29, 0.717) is 13.0 Å². The van der Waals surface area contributed by atoms with Crippen molar-refractivity contribution >= 4 is 11.9 Å². The molecule has 0 radical (unpaired) electrons. The summed E-state index contributed by atoms with van der Waals surface area (Å²) in [4.78, 5) is 24.3. The lowest BCUT2D eigenvalue weighted by atomic mass is 10.1. The Morgan fingerprint density at radius 3 is 2.75 bits per heavy atom. The highest BCUT2D eigenvalue weighted by atomic mass is 16.4. The first kappa shape index (κ1) is 13.0. The van der Waals surface area contributed by atoms with Crippen molar-refractivity contribution in [2.75, 3.05) is 26.7 Å². The van der Waals surface area contributed by atoms with Crippen LogP contribution in [0, 0.1) is 11.8 Å². The van der Waals surface area contributed by atoms with Crippen molar-refractivity contribution in [3.63, 3.8) is 0 Å². The molecular weight excluding hydrogens is 208 g/mol. The number of nitrogens with zero attached hydrogens (tertiary/aromatic N) is 1. The molecule has 2 atom stereocenters. The highest BCUT2D eigenvalue weighted by Crippen LogP contribution is 2.14. The monoisotopic (exact) mass is 228 g/mol. The molecule has 1 amide bonds.